The minimum absolute atomic E-state index is 0.0502. The summed E-state index contributed by atoms with van der Waals surface area (Å²) in [5.74, 6) is 1.47. The van der Waals surface area contributed by atoms with Crippen LogP contribution in [0.4, 0.5) is 0 Å². The minimum atomic E-state index is -0.0502. The molecule has 0 aromatic carbocycles. The summed E-state index contributed by atoms with van der Waals surface area (Å²) in [7, 11) is 0. The average molecular weight is 222 g/mol. The molecule has 1 aliphatic heterocycles. The van der Waals surface area contributed by atoms with Crippen LogP contribution >= 0.6 is 0 Å². The smallest absolute Gasteiger partial charge is 0.129 e. The number of nitrogens with zero attached hydrogens (tertiary/aromatic N) is 1. The van der Waals surface area contributed by atoms with Crippen molar-refractivity contribution in [2.45, 2.75) is 12.6 Å². The zero-order valence-corrected chi connectivity index (χ0v) is 9.35. The molecular weight excluding hydrogens is 204 g/mol. The molecule has 2 N–H and O–H groups in total. The van der Waals surface area contributed by atoms with Crippen LogP contribution in [0.1, 0.15) is 17.6 Å². The summed E-state index contributed by atoms with van der Waals surface area (Å²) in [6.07, 6.45) is 1.89. The van der Waals surface area contributed by atoms with Crippen LogP contribution in [0.15, 0.2) is 29.2 Å². The standard InChI is InChI=1S/C12H18N2O2/c1-2-11(14-7-5-13-6-8-14)12-4-3-10(9-15)16-12/h2-4,11,13,15H,1,5-9H2/t11-/m0/s1. The molecule has 1 saturated heterocycles. The first-order valence-corrected chi connectivity index (χ1v) is 5.62. The van der Waals surface area contributed by atoms with Gasteiger partial charge in [0.2, 0.25) is 0 Å². The van der Waals surface area contributed by atoms with Crippen molar-refractivity contribution in [1.29, 1.82) is 0 Å². The summed E-state index contributed by atoms with van der Waals surface area (Å²) in [6, 6.07) is 3.84. The van der Waals surface area contributed by atoms with Crippen LogP contribution in [-0.2, 0) is 6.61 Å². The van der Waals surface area contributed by atoms with Crippen molar-refractivity contribution < 1.29 is 9.52 Å². The van der Waals surface area contributed by atoms with Crippen LogP contribution in [0.25, 0.3) is 0 Å². The number of aliphatic hydroxyl groups excluding tert-OH is 1. The first kappa shape index (κ1) is 11.4. The normalized spacial score (nSPS) is 19.6. The molecule has 0 radical (unpaired) electrons. The van der Waals surface area contributed by atoms with Crippen molar-refractivity contribution in [2.75, 3.05) is 26.2 Å². The molecule has 0 amide bonds. The van der Waals surface area contributed by atoms with E-state index >= 15 is 0 Å². The van der Waals surface area contributed by atoms with E-state index in [1.165, 1.54) is 0 Å². The highest BCUT2D eigenvalue weighted by Gasteiger charge is 2.21. The molecule has 1 aromatic heterocycles. The summed E-state index contributed by atoms with van der Waals surface area (Å²) in [6.45, 7) is 7.79. The van der Waals surface area contributed by atoms with Crippen LogP contribution in [0.2, 0.25) is 0 Å². The van der Waals surface area contributed by atoms with Gasteiger partial charge in [0.1, 0.15) is 18.1 Å². The average Bonchev–Trinajstić information content (AvgIpc) is 2.80. The SMILES string of the molecule is C=C[C@@H](c1ccc(CO)o1)N1CCNCC1. The van der Waals surface area contributed by atoms with E-state index in [4.69, 9.17) is 9.52 Å². The van der Waals surface area contributed by atoms with Gasteiger partial charge in [-0.25, -0.2) is 0 Å². The lowest BCUT2D eigenvalue weighted by Crippen LogP contribution is -2.44. The fraction of sp³-hybridized carbons (Fsp3) is 0.500. The second-order valence-corrected chi connectivity index (χ2v) is 3.93. The van der Waals surface area contributed by atoms with E-state index in [0.717, 1.165) is 31.9 Å². The maximum Gasteiger partial charge on any atom is 0.129 e. The molecule has 16 heavy (non-hydrogen) atoms. The molecule has 0 unspecified atom stereocenters. The zero-order chi connectivity index (χ0) is 11.4. The predicted molar refractivity (Wildman–Crippen MR) is 62.0 cm³/mol. The van der Waals surface area contributed by atoms with Gasteiger partial charge >= 0.3 is 0 Å². The molecule has 1 aromatic rings. The Kier molecular flexibility index (Phi) is 3.77. The van der Waals surface area contributed by atoms with Gasteiger partial charge in [-0.2, -0.15) is 0 Å². The Morgan fingerprint density at radius 1 is 1.50 bits per heavy atom. The minimum Gasteiger partial charge on any atom is -0.462 e. The summed E-state index contributed by atoms with van der Waals surface area (Å²) in [4.78, 5) is 2.32. The molecule has 4 nitrogen and oxygen atoms in total. The highest BCUT2D eigenvalue weighted by Crippen LogP contribution is 2.24. The fourth-order valence-corrected chi connectivity index (χ4v) is 2.04. The molecule has 1 atom stereocenters. The van der Waals surface area contributed by atoms with Gasteiger partial charge in [-0.1, -0.05) is 6.08 Å². The molecule has 0 bridgehead atoms. The Morgan fingerprint density at radius 3 is 2.81 bits per heavy atom. The van der Waals surface area contributed by atoms with Gasteiger partial charge in [0, 0.05) is 26.2 Å². The number of piperazine rings is 1. The zero-order valence-electron chi connectivity index (χ0n) is 9.35. The lowest BCUT2D eigenvalue weighted by Gasteiger charge is -2.31. The van der Waals surface area contributed by atoms with Gasteiger partial charge in [-0.15, -0.1) is 6.58 Å². The summed E-state index contributed by atoms with van der Waals surface area (Å²) in [5, 5.41) is 12.3. The molecule has 2 heterocycles. The Balaban J connectivity index is 2.11. The van der Waals surface area contributed by atoms with Gasteiger partial charge in [0.05, 0.1) is 6.04 Å². The number of furan rings is 1. The Hall–Kier alpha value is -1.10. The fourth-order valence-electron chi connectivity index (χ4n) is 2.04. The van der Waals surface area contributed by atoms with E-state index < -0.39 is 0 Å². The first-order chi connectivity index (χ1) is 7.85. The van der Waals surface area contributed by atoms with Crippen molar-refractivity contribution >= 4 is 0 Å². The van der Waals surface area contributed by atoms with E-state index in [9.17, 15) is 0 Å². The lowest BCUT2D eigenvalue weighted by molar-refractivity contribution is 0.177. The molecule has 0 spiro atoms. The number of aliphatic hydroxyl groups is 1. The van der Waals surface area contributed by atoms with Crippen LogP contribution in [0.5, 0.6) is 0 Å². The number of hydrogen-bond donors (Lipinski definition) is 2. The van der Waals surface area contributed by atoms with Crippen molar-refractivity contribution in [3.63, 3.8) is 0 Å². The molecule has 1 aliphatic rings. The van der Waals surface area contributed by atoms with E-state index in [-0.39, 0.29) is 12.6 Å². The lowest BCUT2D eigenvalue weighted by atomic mass is 10.1. The van der Waals surface area contributed by atoms with Gasteiger partial charge in [-0.05, 0) is 12.1 Å². The van der Waals surface area contributed by atoms with E-state index in [2.05, 4.69) is 16.8 Å². The van der Waals surface area contributed by atoms with Gasteiger partial charge in [0.15, 0.2) is 0 Å². The molecule has 88 valence electrons. The molecular formula is C12H18N2O2. The van der Waals surface area contributed by atoms with Gasteiger partial charge in [0.25, 0.3) is 0 Å². The van der Waals surface area contributed by atoms with Crippen LogP contribution < -0.4 is 5.32 Å². The highest BCUT2D eigenvalue weighted by atomic mass is 16.4. The quantitative estimate of drug-likeness (QED) is 0.743. The topological polar surface area (TPSA) is 48.6 Å². The molecule has 0 aliphatic carbocycles. The largest absolute Gasteiger partial charge is 0.462 e. The van der Waals surface area contributed by atoms with Crippen molar-refractivity contribution in [3.05, 3.63) is 36.3 Å². The Morgan fingerprint density at radius 2 is 2.25 bits per heavy atom. The third-order valence-electron chi connectivity index (χ3n) is 2.90. The maximum atomic E-state index is 8.97. The molecule has 4 heteroatoms. The predicted octanol–water partition coefficient (Wildman–Crippen LogP) is 0.904. The maximum absolute atomic E-state index is 8.97. The van der Waals surface area contributed by atoms with Crippen molar-refractivity contribution in [1.82, 2.24) is 10.2 Å². The summed E-state index contributed by atoms with van der Waals surface area (Å²) in [5.41, 5.74) is 0. The number of rotatable bonds is 4. The number of hydrogen-bond acceptors (Lipinski definition) is 4. The van der Waals surface area contributed by atoms with E-state index in [1.54, 1.807) is 0 Å². The third kappa shape index (κ3) is 2.35. The number of nitrogens with one attached hydrogen (secondary N) is 1. The van der Waals surface area contributed by atoms with Crippen LogP contribution in [-0.4, -0.2) is 36.2 Å². The molecule has 1 fully saturated rings. The van der Waals surface area contributed by atoms with Crippen LogP contribution in [0.3, 0.4) is 0 Å². The van der Waals surface area contributed by atoms with E-state index in [0.29, 0.717) is 5.76 Å². The monoisotopic (exact) mass is 222 g/mol. The first-order valence-electron chi connectivity index (χ1n) is 5.62. The van der Waals surface area contributed by atoms with Crippen molar-refractivity contribution in [3.8, 4) is 0 Å². The molecule has 2 rings (SSSR count). The second kappa shape index (κ2) is 5.30. The Bertz CT molecular complexity index is 343. The summed E-state index contributed by atoms with van der Waals surface area (Å²) < 4.78 is 5.56. The third-order valence-corrected chi connectivity index (χ3v) is 2.90. The van der Waals surface area contributed by atoms with Gasteiger partial charge < -0.3 is 14.8 Å². The second-order valence-electron chi connectivity index (χ2n) is 3.93. The Labute approximate surface area is 95.6 Å². The van der Waals surface area contributed by atoms with E-state index in [1.807, 2.05) is 18.2 Å². The molecule has 0 saturated carbocycles. The summed E-state index contributed by atoms with van der Waals surface area (Å²) >= 11 is 0. The highest BCUT2D eigenvalue weighted by molar-refractivity contribution is 5.15. The van der Waals surface area contributed by atoms with Crippen molar-refractivity contribution in [2.24, 2.45) is 0 Å². The van der Waals surface area contributed by atoms with Gasteiger partial charge in [-0.3, -0.25) is 4.90 Å². The van der Waals surface area contributed by atoms with Crippen LogP contribution in [0, 0.1) is 0 Å².